The zero-order chi connectivity index (χ0) is 13.1. The van der Waals surface area contributed by atoms with Gasteiger partial charge in [-0.15, -0.1) is 0 Å². The number of ether oxygens (including phenoxy) is 1. The normalized spacial score (nSPS) is 26.2. The van der Waals surface area contributed by atoms with Crippen LogP contribution in [-0.4, -0.2) is 67.1 Å². The maximum absolute atomic E-state index is 11.9. The van der Waals surface area contributed by atoms with E-state index in [0.29, 0.717) is 13.0 Å². The number of aliphatic hydroxyl groups excluding tert-OH is 1. The molecule has 0 amide bonds. The Kier molecular flexibility index (Phi) is 4.87. The highest BCUT2D eigenvalue weighted by atomic mass is 32.2. The van der Waals surface area contributed by atoms with Crippen LogP contribution in [0.5, 0.6) is 0 Å². The molecule has 1 unspecified atom stereocenters. The van der Waals surface area contributed by atoms with Gasteiger partial charge in [0.1, 0.15) is 6.04 Å². The van der Waals surface area contributed by atoms with Crippen molar-refractivity contribution >= 4 is 16.0 Å². The van der Waals surface area contributed by atoms with Gasteiger partial charge in [-0.2, -0.15) is 4.31 Å². The molecule has 1 fully saturated rings. The van der Waals surface area contributed by atoms with Crippen LogP contribution in [0.4, 0.5) is 0 Å². The Hall–Kier alpha value is -0.700. The molecule has 2 N–H and O–H groups in total. The molecule has 1 aliphatic rings. The number of carboxylic acid groups (broad SMARTS) is 1. The minimum absolute atomic E-state index is 0.0567. The summed E-state index contributed by atoms with van der Waals surface area (Å²) in [4.78, 5) is 10.9. The van der Waals surface area contributed by atoms with Gasteiger partial charge < -0.3 is 14.9 Å². The summed E-state index contributed by atoms with van der Waals surface area (Å²) in [5, 5.41) is 18.3. The topological polar surface area (TPSA) is 104 Å². The third kappa shape index (κ3) is 3.63. The van der Waals surface area contributed by atoms with E-state index in [1.165, 1.54) is 7.11 Å². The highest BCUT2D eigenvalue weighted by molar-refractivity contribution is 7.89. The lowest BCUT2D eigenvalue weighted by atomic mass is 10.2. The summed E-state index contributed by atoms with van der Waals surface area (Å²) < 4.78 is 29.3. The fourth-order valence-corrected chi connectivity index (χ4v) is 3.50. The molecule has 8 heteroatoms. The number of nitrogens with zero attached hydrogens (tertiary/aromatic N) is 1. The molecule has 0 spiro atoms. The van der Waals surface area contributed by atoms with Crippen LogP contribution in [0.1, 0.15) is 12.8 Å². The van der Waals surface area contributed by atoms with E-state index in [2.05, 4.69) is 0 Å². The average molecular weight is 267 g/mol. The van der Waals surface area contributed by atoms with E-state index in [-0.39, 0.29) is 18.7 Å². The van der Waals surface area contributed by atoms with E-state index in [9.17, 15) is 18.3 Å². The summed E-state index contributed by atoms with van der Waals surface area (Å²) in [6, 6.07) is -1.16. The van der Waals surface area contributed by atoms with E-state index in [0.717, 1.165) is 4.31 Å². The maximum Gasteiger partial charge on any atom is 0.322 e. The van der Waals surface area contributed by atoms with Crippen LogP contribution in [0.2, 0.25) is 0 Å². The van der Waals surface area contributed by atoms with Crippen molar-refractivity contribution in [2.75, 3.05) is 26.0 Å². The number of aliphatic hydroxyl groups is 1. The van der Waals surface area contributed by atoms with Crippen LogP contribution in [0.25, 0.3) is 0 Å². The van der Waals surface area contributed by atoms with Gasteiger partial charge in [0.25, 0.3) is 0 Å². The van der Waals surface area contributed by atoms with Crippen molar-refractivity contribution in [2.24, 2.45) is 0 Å². The number of carbonyl (C=O) groups is 1. The summed E-state index contributed by atoms with van der Waals surface area (Å²) in [7, 11) is -2.18. The Labute approximate surface area is 100 Å². The zero-order valence-electron chi connectivity index (χ0n) is 9.57. The second-order valence-electron chi connectivity index (χ2n) is 3.98. The first-order valence-corrected chi connectivity index (χ1v) is 6.88. The number of methoxy groups -OCH3 is 1. The zero-order valence-corrected chi connectivity index (χ0v) is 10.4. The molecule has 0 bridgehead atoms. The molecule has 0 saturated carbocycles. The second kappa shape index (κ2) is 5.76. The molecule has 100 valence electrons. The molecular formula is C9H17NO6S. The molecule has 0 aromatic heterocycles. The maximum atomic E-state index is 11.9. The quantitative estimate of drug-likeness (QED) is 0.590. The number of rotatable bonds is 6. The van der Waals surface area contributed by atoms with Crippen molar-refractivity contribution < 1.29 is 28.2 Å². The number of aliphatic carboxylic acids is 1. The number of β-amino-alcohol motifs (C(OH)–C–C–N with tert-alkyl or cyclic N) is 1. The molecule has 0 aromatic rings. The van der Waals surface area contributed by atoms with Crippen molar-refractivity contribution in [3.63, 3.8) is 0 Å². The van der Waals surface area contributed by atoms with Crippen LogP contribution in [0.15, 0.2) is 0 Å². The van der Waals surface area contributed by atoms with Crippen LogP contribution in [0, 0.1) is 0 Å². The second-order valence-corrected chi connectivity index (χ2v) is 6.02. The standard InChI is InChI=1S/C9H17NO6S/c1-16-3-2-4-17(14,15)10-6-7(11)5-8(10)9(12)13/h7-8,11H,2-6H2,1H3,(H,12,13)/t7?,8-/m0/s1. The number of hydrogen-bond acceptors (Lipinski definition) is 5. The van der Waals surface area contributed by atoms with E-state index in [1.54, 1.807) is 0 Å². The molecule has 0 radical (unpaired) electrons. The minimum Gasteiger partial charge on any atom is -0.480 e. The molecule has 1 heterocycles. The Morgan fingerprint density at radius 1 is 1.53 bits per heavy atom. The Morgan fingerprint density at radius 2 is 2.18 bits per heavy atom. The van der Waals surface area contributed by atoms with Gasteiger partial charge in [0, 0.05) is 26.7 Å². The summed E-state index contributed by atoms with van der Waals surface area (Å²) in [6.45, 7) is 0.152. The van der Waals surface area contributed by atoms with Gasteiger partial charge in [0.2, 0.25) is 10.0 Å². The molecule has 0 aromatic carbocycles. The highest BCUT2D eigenvalue weighted by Crippen LogP contribution is 2.22. The van der Waals surface area contributed by atoms with Crippen molar-refractivity contribution in [3.8, 4) is 0 Å². The van der Waals surface area contributed by atoms with Crippen molar-refractivity contribution in [3.05, 3.63) is 0 Å². The lowest BCUT2D eigenvalue weighted by Crippen LogP contribution is -2.41. The summed E-state index contributed by atoms with van der Waals surface area (Å²) in [6.07, 6.45) is -0.662. The van der Waals surface area contributed by atoms with Gasteiger partial charge in [-0.25, -0.2) is 8.42 Å². The Morgan fingerprint density at radius 3 is 2.71 bits per heavy atom. The lowest BCUT2D eigenvalue weighted by molar-refractivity contribution is -0.140. The SMILES string of the molecule is COCCCS(=O)(=O)N1CC(O)C[C@H]1C(=O)O. The van der Waals surface area contributed by atoms with Crippen LogP contribution in [0.3, 0.4) is 0 Å². The minimum atomic E-state index is -3.65. The Balaban J connectivity index is 2.72. The number of carboxylic acids is 1. The van der Waals surface area contributed by atoms with E-state index < -0.39 is 28.1 Å². The third-order valence-electron chi connectivity index (χ3n) is 2.63. The molecule has 1 rings (SSSR count). The molecule has 1 saturated heterocycles. The molecule has 17 heavy (non-hydrogen) atoms. The van der Waals surface area contributed by atoms with E-state index in [4.69, 9.17) is 9.84 Å². The highest BCUT2D eigenvalue weighted by Gasteiger charge is 2.42. The fourth-order valence-electron chi connectivity index (χ4n) is 1.82. The van der Waals surface area contributed by atoms with Gasteiger partial charge in [-0.1, -0.05) is 0 Å². The van der Waals surface area contributed by atoms with Gasteiger partial charge in [-0.05, 0) is 6.42 Å². The smallest absolute Gasteiger partial charge is 0.322 e. The third-order valence-corrected chi connectivity index (χ3v) is 4.55. The summed E-state index contributed by atoms with van der Waals surface area (Å²) in [5.41, 5.74) is 0. The monoisotopic (exact) mass is 267 g/mol. The summed E-state index contributed by atoms with van der Waals surface area (Å²) in [5.74, 6) is -1.39. The van der Waals surface area contributed by atoms with Crippen molar-refractivity contribution in [1.82, 2.24) is 4.31 Å². The van der Waals surface area contributed by atoms with E-state index >= 15 is 0 Å². The number of hydrogen-bond donors (Lipinski definition) is 2. The molecular weight excluding hydrogens is 250 g/mol. The average Bonchev–Trinajstić information content (AvgIpc) is 2.61. The molecule has 0 aliphatic carbocycles. The molecule has 7 nitrogen and oxygen atoms in total. The van der Waals surface area contributed by atoms with Gasteiger partial charge in [0.15, 0.2) is 0 Å². The van der Waals surface area contributed by atoms with Crippen LogP contribution >= 0.6 is 0 Å². The number of sulfonamides is 1. The predicted molar refractivity (Wildman–Crippen MR) is 59.0 cm³/mol. The fraction of sp³-hybridized carbons (Fsp3) is 0.889. The first-order chi connectivity index (χ1) is 7.88. The lowest BCUT2D eigenvalue weighted by Gasteiger charge is -2.20. The van der Waals surface area contributed by atoms with Crippen LogP contribution in [-0.2, 0) is 19.6 Å². The van der Waals surface area contributed by atoms with Crippen LogP contribution < -0.4 is 0 Å². The van der Waals surface area contributed by atoms with Gasteiger partial charge in [0.05, 0.1) is 11.9 Å². The first-order valence-electron chi connectivity index (χ1n) is 5.28. The van der Waals surface area contributed by atoms with E-state index in [1.807, 2.05) is 0 Å². The van der Waals surface area contributed by atoms with Crippen molar-refractivity contribution in [1.29, 1.82) is 0 Å². The van der Waals surface area contributed by atoms with Gasteiger partial charge >= 0.3 is 5.97 Å². The largest absolute Gasteiger partial charge is 0.480 e. The molecule has 1 aliphatic heterocycles. The summed E-state index contributed by atoms with van der Waals surface area (Å²) >= 11 is 0. The molecule has 2 atom stereocenters. The predicted octanol–water partition coefficient (Wildman–Crippen LogP) is -1.13. The van der Waals surface area contributed by atoms with Gasteiger partial charge in [-0.3, -0.25) is 4.79 Å². The Bertz CT molecular complexity index is 368. The first kappa shape index (κ1) is 14.4. The van der Waals surface area contributed by atoms with Crippen molar-refractivity contribution in [2.45, 2.75) is 25.0 Å².